The summed E-state index contributed by atoms with van der Waals surface area (Å²) in [5.74, 6) is 0.0895. The van der Waals surface area contributed by atoms with E-state index < -0.39 is 16.9 Å². The minimum absolute atomic E-state index is 0.0233. The van der Waals surface area contributed by atoms with Gasteiger partial charge in [0, 0.05) is 17.2 Å². The zero-order valence-corrected chi connectivity index (χ0v) is 23.6. The predicted octanol–water partition coefficient (Wildman–Crippen LogP) is 4.94. The molecule has 2 heterocycles. The molecule has 0 spiro atoms. The van der Waals surface area contributed by atoms with Crippen LogP contribution in [0.1, 0.15) is 36.6 Å². The molecule has 208 valence electrons. The smallest absolute Gasteiger partial charge is 0.338 e. The molecule has 0 radical (unpaired) electrons. The molecule has 0 aliphatic carbocycles. The molecule has 11 heteroatoms. The molecule has 0 bridgehead atoms. The SMILES string of the molecule is CCOC(=O)C1=C(C)N=c2sc(=Cc3ccc(OCc4ccc([N+](=O)[O-])cc4)cc3)c(=O)n2C1c1ccc(Cl)cc1. The zero-order valence-electron chi connectivity index (χ0n) is 22.1. The molecule has 4 aromatic rings. The van der Waals surface area contributed by atoms with E-state index in [-0.39, 0.29) is 24.5 Å². The maximum atomic E-state index is 13.7. The maximum absolute atomic E-state index is 13.7. The third-order valence-corrected chi connectivity index (χ3v) is 7.67. The highest BCUT2D eigenvalue weighted by atomic mass is 35.5. The number of allylic oxidation sites excluding steroid dienone is 1. The van der Waals surface area contributed by atoms with Gasteiger partial charge in [-0.25, -0.2) is 9.79 Å². The topological polar surface area (TPSA) is 113 Å². The number of esters is 1. The minimum atomic E-state index is -0.708. The normalized spacial score (nSPS) is 14.8. The molecule has 1 aliphatic rings. The molecule has 1 aromatic heterocycles. The molecule has 3 aromatic carbocycles. The molecule has 9 nitrogen and oxygen atoms in total. The van der Waals surface area contributed by atoms with Crippen molar-refractivity contribution < 1.29 is 19.2 Å². The average Bonchev–Trinajstić information content (AvgIpc) is 3.26. The van der Waals surface area contributed by atoms with Crippen LogP contribution >= 0.6 is 22.9 Å². The van der Waals surface area contributed by atoms with Crippen molar-refractivity contribution in [2.24, 2.45) is 4.99 Å². The molecular formula is C30H24ClN3O6S. The summed E-state index contributed by atoms with van der Waals surface area (Å²) in [6, 6.07) is 19.7. The lowest BCUT2D eigenvalue weighted by molar-refractivity contribution is -0.384. The highest BCUT2D eigenvalue weighted by Gasteiger charge is 2.33. The van der Waals surface area contributed by atoms with Crippen molar-refractivity contribution in [3.63, 3.8) is 0 Å². The molecule has 1 unspecified atom stereocenters. The summed E-state index contributed by atoms with van der Waals surface area (Å²) in [5.41, 5.74) is 2.84. The molecule has 0 saturated carbocycles. The van der Waals surface area contributed by atoms with Crippen molar-refractivity contribution >= 4 is 40.7 Å². The molecule has 41 heavy (non-hydrogen) atoms. The van der Waals surface area contributed by atoms with E-state index in [0.717, 1.165) is 11.1 Å². The van der Waals surface area contributed by atoms with Crippen LogP contribution in [0.4, 0.5) is 5.69 Å². The van der Waals surface area contributed by atoms with Gasteiger partial charge in [-0.15, -0.1) is 0 Å². The van der Waals surface area contributed by atoms with E-state index in [1.807, 2.05) is 12.1 Å². The third-order valence-electron chi connectivity index (χ3n) is 6.43. The fourth-order valence-electron chi connectivity index (χ4n) is 4.44. The summed E-state index contributed by atoms with van der Waals surface area (Å²) in [4.78, 5) is 42.1. The van der Waals surface area contributed by atoms with Gasteiger partial charge in [-0.3, -0.25) is 19.5 Å². The first-order chi connectivity index (χ1) is 19.7. The molecule has 1 aliphatic heterocycles. The second-order valence-electron chi connectivity index (χ2n) is 9.14. The van der Waals surface area contributed by atoms with Gasteiger partial charge in [0.1, 0.15) is 12.4 Å². The number of hydrogen-bond donors (Lipinski definition) is 0. The van der Waals surface area contributed by atoms with Gasteiger partial charge in [-0.05, 0) is 73.0 Å². The Kier molecular flexibility index (Phi) is 8.14. The lowest BCUT2D eigenvalue weighted by atomic mass is 9.96. The summed E-state index contributed by atoms with van der Waals surface area (Å²) in [5, 5.41) is 11.4. The minimum Gasteiger partial charge on any atom is -0.489 e. The van der Waals surface area contributed by atoms with Crippen molar-refractivity contribution in [3.05, 3.63) is 136 Å². The Morgan fingerprint density at radius 1 is 1.10 bits per heavy atom. The van der Waals surface area contributed by atoms with Gasteiger partial charge in [0.25, 0.3) is 11.2 Å². The Morgan fingerprint density at radius 2 is 1.78 bits per heavy atom. The molecule has 0 N–H and O–H groups in total. The van der Waals surface area contributed by atoms with Crippen LogP contribution in [0.2, 0.25) is 5.02 Å². The highest BCUT2D eigenvalue weighted by Crippen LogP contribution is 2.31. The Hall–Kier alpha value is -4.54. The van der Waals surface area contributed by atoms with E-state index in [9.17, 15) is 19.7 Å². The lowest BCUT2D eigenvalue weighted by Crippen LogP contribution is -2.39. The van der Waals surface area contributed by atoms with Crippen molar-refractivity contribution in [3.8, 4) is 5.75 Å². The third kappa shape index (κ3) is 5.98. The number of carbonyl (C=O) groups is 1. The molecular weight excluding hydrogens is 566 g/mol. The molecule has 0 saturated heterocycles. The van der Waals surface area contributed by atoms with Gasteiger partial charge < -0.3 is 9.47 Å². The van der Waals surface area contributed by atoms with Crippen molar-refractivity contribution in [1.82, 2.24) is 4.57 Å². The summed E-state index contributed by atoms with van der Waals surface area (Å²) in [6.07, 6.45) is 1.77. The Labute approximate surface area is 243 Å². The van der Waals surface area contributed by atoms with Gasteiger partial charge in [0.15, 0.2) is 4.80 Å². The van der Waals surface area contributed by atoms with Crippen LogP contribution in [-0.2, 0) is 16.1 Å². The average molecular weight is 590 g/mol. The van der Waals surface area contributed by atoms with E-state index in [1.165, 1.54) is 28.0 Å². The zero-order chi connectivity index (χ0) is 29.1. The lowest BCUT2D eigenvalue weighted by Gasteiger charge is -2.24. The van der Waals surface area contributed by atoms with E-state index in [1.54, 1.807) is 68.5 Å². The number of benzene rings is 3. The summed E-state index contributed by atoms with van der Waals surface area (Å²) in [6.45, 7) is 3.91. The van der Waals surface area contributed by atoms with Gasteiger partial charge in [0.05, 0.1) is 33.4 Å². The number of nitro benzene ring substituents is 1. The second-order valence-corrected chi connectivity index (χ2v) is 10.6. The van der Waals surface area contributed by atoms with Gasteiger partial charge in [0.2, 0.25) is 0 Å². The molecule has 5 rings (SSSR count). The fourth-order valence-corrected chi connectivity index (χ4v) is 5.62. The van der Waals surface area contributed by atoms with Crippen LogP contribution in [-0.4, -0.2) is 22.1 Å². The molecule has 0 amide bonds. The van der Waals surface area contributed by atoms with Gasteiger partial charge in [-0.2, -0.15) is 0 Å². The summed E-state index contributed by atoms with van der Waals surface area (Å²) < 4.78 is 13.1. The number of carbonyl (C=O) groups excluding carboxylic acids is 1. The first-order valence-electron chi connectivity index (χ1n) is 12.7. The van der Waals surface area contributed by atoms with Gasteiger partial charge in [-0.1, -0.05) is 47.2 Å². The second kappa shape index (κ2) is 11.9. The number of nitro groups is 1. The number of hydrogen-bond acceptors (Lipinski definition) is 8. The number of fused-ring (bicyclic) bond motifs is 1. The van der Waals surface area contributed by atoms with Crippen molar-refractivity contribution in [1.29, 1.82) is 0 Å². The van der Waals surface area contributed by atoms with E-state index in [0.29, 0.717) is 36.9 Å². The van der Waals surface area contributed by atoms with Crippen molar-refractivity contribution in [2.45, 2.75) is 26.5 Å². The van der Waals surface area contributed by atoms with E-state index >= 15 is 0 Å². The standard InChI is InChI=1S/C30H24ClN3O6S/c1-3-39-29(36)26-18(2)32-30-33(27(26)21-8-10-22(31)11-9-21)28(35)25(41-30)16-19-6-14-24(15-7-19)40-17-20-4-12-23(13-5-20)34(37)38/h4-16,27H,3,17H2,1-2H3. The number of halogens is 1. The number of rotatable bonds is 8. The Bertz CT molecular complexity index is 1830. The predicted molar refractivity (Wildman–Crippen MR) is 156 cm³/mol. The van der Waals surface area contributed by atoms with Gasteiger partial charge >= 0.3 is 5.97 Å². The van der Waals surface area contributed by atoms with Crippen LogP contribution in [0.15, 0.2) is 93.9 Å². The highest BCUT2D eigenvalue weighted by molar-refractivity contribution is 7.07. The summed E-state index contributed by atoms with van der Waals surface area (Å²) in [7, 11) is 0. The van der Waals surface area contributed by atoms with Crippen LogP contribution < -0.4 is 19.6 Å². The number of nitrogens with zero attached hydrogens (tertiary/aromatic N) is 3. The Morgan fingerprint density at radius 3 is 2.41 bits per heavy atom. The van der Waals surface area contributed by atoms with Crippen LogP contribution in [0.3, 0.4) is 0 Å². The molecule has 1 atom stereocenters. The quantitative estimate of drug-likeness (QED) is 0.163. The first-order valence-corrected chi connectivity index (χ1v) is 13.9. The number of thiazole rings is 1. The van der Waals surface area contributed by atoms with Crippen molar-refractivity contribution in [2.75, 3.05) is 6.61 Å². The van der Waals surface area contributed by atoms with Crippen LogP contribution in [0.5, 0.6) is 5.75 Å². The largest absolute Gasteiger partial charge is 0.489 e. The number of aromatic nitrogens is 1. The molecule has 0 fully saturated rings. The van der Waals surface area contributed by atoms with Crippen LogP contribution in [0, 0.1) is 10.1 Å². The monoisotopic (exact) mass is 589 g/mol. The fraction of sp³-hybridized carbons (Fsp3) is 0.167. The van der Waals surface area contributed by atoms with E-state index in [4.69, 9.17) is 21.1 Å². The Balaban J connectivity index is 1.44. The number of non-ortho nitro benzene ring substituents is 1. The summed E-state index contributed by atoms with van der Waals surface area (Å²) >= 11 is 7.35. The maximum Gasteiger partial charge on any atom is 0.338 e. The number of ether oxygens (including phenoxy) is 2. The first kappa shape index (κ1) is 28.0. The van der Waals surface area contributed by atoms with Crippen LogP contribution in [0.25, 0.3) is 6.08 Å². The van der Waals surface area contributed by atoms with E-state index in [2.05, 4.69) is 4.99 Å².